The Morgan fingerprint density at radius 3 is 1.41 bits per heavy atom. The standard InChI is InChI=1S/C51H34/c1-51(2)48-29-32(35-16-7-12-31-11-3-4-13-34(31)35)23-25-43(48)44-26-24-33(30-49(44)51)36-17-8-19-38-37(36)18-9-20-39(38)42-27-28-47-41-15-6-5-14-40(41)45-21-10-22-46(42)50(45)47/h3-30H,1-2H3. The first-order valence-electron chi connectivity index (χ1n) is 18.0. The van der Waals surface area contributed by atoms with Gasteiger partial charge in [0.2, 0.25) is 0 Å². The number of fused-ring (bicyclic) bond motifs is 8. The smallest absolute Gasteiger partial charge is 0.0159 e. The van der Waals surface area contributed by atoms with Crippen molar-refractivity contribution in [3.05, 3.63) is 181 Å². The van der Waals surface area contributed by atoms with Crippen molar-refractivity contribution < 1.29 is 0 Å². The zero-order valence-electron chi connectivity index (χ0n) is 28.7. The molecule has 0 heterocycles. The minimum Gasteiger partial charge on any atom is -0.0616 e. The number of benzene rings is 9. The van der Waals surface area contributed by atoms with Crippen molar-refractivity contribution in [3.63, 3.8) is 0 Å². The van der Waals surface area contributed by atoms with Crippen LogP contribution in [0.25, 0.3) is 99.1 Å². The Kier molecular flexibility index (Phi) is 5.82. The van der Waals surface area contributed by atoms with Gasteiger partial charge in [0.25, 0.3) is 0 Å². The Hall–Kier alpha value is -6.24. The van der Waals surface area contributed by atoms with E-state index in [2.05, 4.69) is 184 Å². The van der Waals surface area contributed by atoms with Gasteiger partial charge in [0.05, 0.1) is 0 Å². The molecule has 9 aromatic rings. The molecule has 9 aromatic carbocycles. The first-order valence-corrected chi connectivity index (χ1v) is 18.0. The summed E-state index contributed by atoms with van der Waals surface area (Å²) in [6.07, 6.45) is 0. The summed E-state index contributed by atoms with van der Waals surface area (Å²) in [5.74, 6) is 0. The second-order valence-corrected chi connectivity index (χ2v) is 14.8. The highest BCUT2D eigenvalue weighted by Crippen LogP contribution is 2.52. The van der Waals surface area contributed by atoms with Gasteiger partial charge in [-0.3, -0.25) is 0 Å². The summed E-state index contributed by atoms with van der Waals surface area (Å²) in [7, 11) is 0. The van der Waals surface area contributed by atoms with Crippen molar-refractivity contribution in [2.24, 2.45) is 0 Å². The van der Waals surface area contributed by atoms with Crippen LogP contribution in [-0.2, 0) is 5.41 Å². The van der Waals surface area contributed by atoms with Crippen LogP contribution in [0.15, 0.2) is 170 Å². The lowest BCUT2D eigenvalue weighted by Gasteiger charge is -2.23. The molecule has 0 amide bonds. The third kappa shape index (κ3) is 3.96. The molecule has 0 aromatic heterocycles. The highest BCUT2D eigenvalue weighted by Gasteiger charge is 2.36. The van der Waals surface area contributed by atoms with Crippen molar-refractivity contribution in [1.29, 1.82) is 0 Å². The second-order valence-electron chi connectivity index (χ2n) is 14.8. The van der Waals surface area contributed by atoms with Gasteiger partial charge in [0, 0.05) is 5.41 Å². The lowest BCUT2D eigenvalue weighted by atomic mass is 9.80. The highest BCUT2D eigenvalue weighted by atomic mass is 14.4. The van der Waals surface area contributed by atoms with E-state index < -0.39 is 0 Å². The van der Waals surface area contributed by atoms with Crippen molar-refractivity contribution in [1.82, 2.24) is 0 Å². The van der Waals surface area contributed by atoms with E-state index in [0.717, 1.165) is 0 Å². The molecule has 2 aliphatic carbocycles. The van der Waals surface area contributed by atoms with Crippen molar-refractivity contribution in [2.75, 3.05) is 0 Å². The van der Waals surface area contributed by atoms with Crippen LogP contribution < -0.4 is 0 Å². The lowest BCUT2D eigenvalue weighted by Crippen LogP contribution is -2.15. The van der Waals surface area contributed by atoms with Crippen molar-refractivity contribution in [2.45, 2.75) is 19.3 Å². The molecule has 0 radical (unpaired) electrons. The molecule has 0 saturated carbocycles. The number of hydrogen-bond donors (Lipinski definition) is 0. The van der Waals surface area contributed by atoms with Crippen LogP contribution in [0.1, 0.15) is 25.0 Å². The summed E-state index contributed by atoms with van der Waals surface area (Å²) in [5, 5.41) is 7.84. The van der Waals surface area contributed by atoms with E-state index in [4.69, 9.17) is 0 Å². The van der Waals surface area contributed by atoms with Crippen LogP contribution in [0.2, 0.25) is 0 Å². The SMILES string of the molecule is CC1(C)c2cc(-c3cccc4ccccc34)ccc2-c2ccc(-c3cccc4c(-c5ccc6c7c(cccc57)-c5ccccc5-6)cccc34)cc21. The summed E-state index contributed by atoms with van der Waals surface area (Å²) < 4.78 is 0. The fraction of sp³-hybridized carbons (Fsp3) is 0.0588. The molecule has 0 heteroatoms. The summed E-state index contributed by atoms with van der Waals surface area (Å²) in [6, 6.07) is 63.6. The first kappa shape index (κ1) is 28.6. The minimum atomic E-state index is -0.126. The fourth-order valence-corrected chi connectivity index (χ4v) is 9.39. The molecule has 2 aliphatic rings. The van der Waals surface area contributed by atoms with E-state index in [-0.39, 0.29) is 5.41 Å². The van der Waals surface area contributed by atoms with Crippen LogP contribution in [0.3, 0.4) is 0 Å². The lowest BCUT2D eigenvalue weighted by molar-refractivity contribution is 0.661. The third-order valence-corrected chi connectivity index (χ3v) is 11.8. The van der Waals surface area contributed by atoms with Gasteiger partial charge in [0.15, 0.2) is 0 Å². The molecule has 0 N–H and O–H groups in total. The largest absolute Gasteiger partial charge is 0.0616 e. The zero-order chi connectivity index (χ0) is 33.8. The summed E-state index contributed by atoms with van der Waals surface area (Å²) in [5.41, 5.74) is 18.4. The molecule has 0 atom stereocenters. The van der Waals surface area contributed by atoms with Crippen LogP contribution in [0.5, 0.6) is 0 Å². The quantitative estimate of drug-likeness (QED) is 0.179. The molecule has 0 unspecified atom stereocenters. The van der Waals surface area contributed by atoms with Crippen molar-refractivity contribution >= 4 is 32.3 Å². The Labute approximate surface area is 298 Å². The predicted octanol–water partition coefficient (Wildman–Crippen LogP) is 14.1. The van der Waals surface area contributed by atoms with E-state index in [9.17, 15) is 0 Å². The van der Waals surface area contributed by atoms with Crippen LogP contribution in [-0.4, -0.2) is 0 Å². The summed E-state index contributed by atoms with van der Waals surface area (Å²) in [6.45, 7) is 4.78. The monoisotopic (exact) mass is 646 g/mol. The molecule has 51 heavy (non-hydrogen) atoms. The molecular weight excluding hydrogens is 613 g/mol. The van der Waals surface area contributed by atoms with Crippen LogP contribution in [0, 0.1) is 0 Å². The molecule has 11 rings (SSSR count). The van der Waals surface area contributed by atoms with Crippen LogP contribution in [0.4, 0.5) is 0 Å². The van der Waals surface area contributed by atoms with E-state index in [0.29, 0.717) is 0 Å². The van der Waals surface area contributed by atoms with Crippen molar-refractivity contribution in [3.8, 4) is 66.8 Å². The van der Waals surface area contributed by atoms with E-state index in [1.54, 1.807) is 0 Å². The Morgan fingerprint density at radius 1 is 0.294 bits per heavy atom. The first-order chi connectivity index (χ1) is 25.1. The fourth-order valence-electron chi connectivity index (χ4n) is 9.39. The number of rotatable bonds is 3. The topological polar surface area (TPSA) is 0 Å². The molecule has 0 spiro atoms. The third-order valence-electron chi connectivity index (χ3n) is 11.8. The van der Waals surface area contributed by atoms with Gasteiger partial charge in [-0.1, -0.05) is 172 Å². The molecule has 0 aliphatic heterocycles. The average molecular weight is 647 g/mol. The van der Waals surface area contributed by atoms with E-state index >= 15 is 0 Å². The molecule has 238 valence electrons. The molecular formula is C51H34. The van der Waals surface area contributed by atoms with Gasteiger partial charge in [-0.15, -0.1) is 0 Å². The summed E-state index contributed by atoms with van der Waals surface area (Å²) >= 11 is 0. The minimum absolute atomic E-state index is 0.126. The van der Waals surface area contributed by atoms with Gasteiger partial charge in [-0.2, -0.15) is 0 Å². The maximum absolute atomic E-state index is 2.46. The maximum atomic E-state index is 2.46. The van der Waals surface area contributed by atoms with Gasteiger partial charge < -0.3 is 0 Å². The van der Waals surface area contributed by atoms with E-state index in [1.807, 2.05) is 0 Å². The normalized spacial score (nSPS) is 13.5. The predicted molar refractivity (Wildman–Crippen MR) is 217 cm³/mol. The zero-order valence-corrected chi connectivity index (χ0v) is 28.7. The van der Waals surface area contributed by atoms with Gasteiger partial charge in [-0.25, -0.2) is 0 Å². The van der Waals surface area contributed by atoms with E-state index in [1.165, 1.54) is 110 Å². The highest BCUT2D eigenvalue weighted by molar-refractivity contribution is 6.20. The Bertz CT molecular complexity index is 2900. The van der Waals surface area contributed by atoms with Gasteiger partial charge in [-0.05, 0) is 122 Å². The van der Waals surface area contributed by atoms with Gasteiger partial charge in [0.1, 0.15) is 0 Å². The average Bonchev–Trinajstić information content (AvgIpc) is 3.63. The molecule has 0 bridgehead atoms. The molecule has 0 saturated heterocycles. The van der Waals surface area contributed by atoms with Crippen LogP contribution >= 0.6 is 0 Å². The molecule has 0 fully saturated rings. The number of hydrogen-bond acceptors (Lipinski definition) is 0. The Balaban J connectivity index is 1.03. The summed E-state index contributed by atoms with van der Waals surface area (Å²) in [4.78, 5) is 0. The van der Waals surface area contributed by atoms with Gasteiger partial charge >= 0.3 is 0 Å². The maximum Gasteiger partial charge on any atom is 0.0159 e. The Morgan fingerprint density at radius 2 is 0.706 bits per heavy atom. The second kappa shape index (κ2) is 10.4. The molecule has 0 nitrogen and oxygen atoms in total.